The first-order valence-electron chi connectivity index (χ1n) is 11.1. The van der Waals surface area contributed by atoms with Gasteiger partial charge in [0.15, 0.2) is 16.7 Å². The van der Waals surface area contributed by atoms with Crippen molar-refractivity contribution in [3.63, 3.8) is 0 Å². The van der Waals surface area contributed by atoms with Gasteiger partial charge in [-0.3, -0.25) is 4.79 Å². The van der Waals surface area contributed by atoms with E-state index in [0.29, 0.717) is 44.8 Å². The van der Waals surface area contributed by atoms with Gasteiger partial charge < -0.3 is 14.8 Å². The molecule has 0 aliphatic carbocycles. The lowest BCUT2D eigenvalue weighted by molar-refractivity contribution is -0.115. The zero-order valence-corrected chi connectivity index (χ0v) is 24.3. The number of amidine groups is 1. The molecule has 0 saturated carbocycles. The van der Waals surface area contributed by atoms with Crippen LogP contribution >= 0.6 is 57.6 Å². The first-order valence-corrected chi connectivity index (χ1v) is 13.8. The lowest BCUT2D eigenvalue weighted by atomic mass is 10.1. The van der Waals surface area contributed by atoms with Gasteiger partial charge in [0.05, 0.1) is 30.8 Å². The Morgan fingerprint density at radius 2 is 1.86 bits per heavy atom. The Morgan fingerprint density at radius 1 is 1.06 bits per heavy atom. The molecule has 1 amide bonds. The number of hydrogen-bond donors (Lipinski definition) is 1. The number of aliphatic imine (C=N–C) groups is 1. The van der Waals surface area contributed by atoms with Gasteiger partial charge in [-0.1, -0.05) is 47.0 Å². The highest BCUT2D eigenvalue weighted by molar-refractivity contribution is 14.1. The second-order valence-corrected chi connectivity index (χ2v) is 11.1. The normalized spacial score (nSPS) is 15.4. The average Bonchev–Trinajstić information content (AvgIpc) is 3.16. The molecule has 0 aromatic heterocycles. The molecule has 1 aliphatic rings. The molecule has 0 atom stereocenters. The Hall–Kier alpha value is -2.20. The molecule has 1 fully saturated rings. The Kier molecular flexibility index (Phi) is 8.87. The van der Waals surface area contributed by atoms with Crippen LogP contribution in [0.25, 0.3) is 6.08 Å². The molecule has 1 N–H and O–H groups in total. The number of nitrogens with zero attached hydrogens (tertiary/aromatic N) is 1. The van der Waals surface area contributed by atoms with E-state index >= 15 is 0 Å². The predicted molar refractivity (Wildman–Crippen MR) is 158 cm³/mol. The standard InChI is InChI=1S/C27H23Cl2IN2O3S/c1-4-34-23-12-18(11-21(30)25(23)35-14-17-6-7-19(28)20(29)10-17)13-24-26(33)32-27(36-24)31-22-8-5-15(2)9-16(22)3/h5-13H,4,14H2,1-3H3,(H,31,32,33)/b24-13+. The second-order valence-electron chi connectivity index (χ2n) is 8.07. The van der Waals surface area contributed by atoms with Gasteiger partial charge in [0.1, 0.15) is 6.61 Å². The quantitative estimate of drug-likeness (QED) is 0.207. The fraction of sp³-hybridized carbons (Fsp3) is 0.185. The van der Waals surface area contributed by atoms with E-state index in [0.717, 1.165) is 25.9 Å². The number of ether oxygens (including phenoxy) is 2. The van der Waals surface area contributed by atoms with Crippen LogP contribution < -0.4 is 14.8 Å². The monoisotopic (exact) mass is 652 g/mol. The SMILES string of the molecule is CCOc1cc(/C=C2/SC(=Nc3ccc(C)cc3C)NC2=O)cc(I)c1OCc1ccc(Cl)c(Cl)c1. The topological polar surface area (TPSA) is 59.9 Å². The third-order valence-electron chi connectivity index (χ3n) is 5.22. The van der Waals surface area contributed by atoms with Gasteiger partial charge in [-0.25, -0.2) is 4.99 Å². The van der Waals surface area contributed by atoms with Crippen molar-refractivity contribution in [2.24, 2.45) is 4.99 Å². The molecule has 0 radical (unpaired) electrons. The van der Waals surface area contributed by atoms with Crippen molar-refractivity contribution in [2.75, 3.05) is 6.61 Å². The summed E-state index contributed by atoms with van der Waals surface area (Å²) in [5, 5.41) is 4.39. The number of thioether (sulfide) groups is 1. The van der Waals surface area contributed by atoms with Gasteiger partial charge >= 0.3 is 0 Å². The number of carbonyl (C=O) groups excluding carboxylic acids is 1. The van der Waals surface area contributed by atoms with Gasteiger partial charge in [-0.15, -0.1) is 0 Å². The molecule has 0 bridgehead atoms. The number of nitrogens with one attached hydrogen (secondary N) is 1. The van der Waals surface area contributed by atoms with Crippen LogP contribution in [0, 0.1) is 17.4 Å². The van der Waals surface area contributed by atoms with Crippen molar-refractivity contribution in [3.05, 3.63) is 89.3 Å². The van der Waals surface area contributed by atoms with Crippen LogP contribution in [0.15, 0.2) is 58.4 Å². The fourth-order valence-electron chi connectivity index (χ4n) is 3.53. The molecule has 3 aromatic carbocycles. The van der Waals surface area contributed by atoms with E-state index in [4.69, 9.17) is 32.7 Å². The maximum Gasteiger partial charge on any atom is 0.264 e. The van der Waals surface area contributed by atoms with Crippen molar-refractivity contribution in [2.45, 2.75) is 27.4 Å². The molecule has 186 valence electrons. The highest BCUT2D eigenvalue weighted by Gasteiger charge is 2.24. The van der Waals surface area contributed by atoms with Crippen molar-refractivity contribution in [1.82, 2.24) is 5.32 Å². The fourth-order valence-corrected chi connectivity index (χ4v) is 5.47. The van der Waals surface area contributed by atoms with Crippen LogP contribution in [0.4, 0.5) is 5.69 Å². The minimum atomic E-state index is -0.184. The van der Waals surface area contributed by atoms with Gasteiger partial charge in [-0.05, 0) is 108 Å². The average molecular weight is 653 g/mol. The van der Waals surface area contributed by atoms with E-state index in [9.17, 15) is 4.79 Å². The van der Waals surface area contributed by atoms with E-state index in [1.807, 2.05) is 57.2 Å². The number of hydrogen-bond acceptors (Lipinski definition) is 5. The molecule has 1 saturated heterocycles. The largest absolute Gasteiger partial charge is 0.490 e. The summed E-state index contributed by atoms with van der Waals surface area (Å²) in [6, 6.07) is 15.3. The van der Waals surface area contributed by atoms with Crippen LogP contribution in [-0.2, 0) is 11.4 Å². The van der Waals surface area contributed by atoms with E-state index in [2.05, 4.69) is 39.0 Å². The molecular weight excluding hydrogens is 630 g/mol. The summed E-state index contributed by atoms with van der Waals surface area (Å²) < 4.78 is 12.8. The number of aryl methyl sites for hydroxylation is 2. The smallest absolute Gasteiger partial charge is 0.264 e. The molecular formula is C27H23Cl2IN2O3S. The summed E-state index contributed by atoms with van der Waals surface area (Å²) in [6.07, 6.45) is 1.83. The van der Waals surface area contributed by atoms with Gasteiger partial charge in [-0.2, -0.15) is 0 Å². The van der Waals surface area contributed by atoms with Crippen LogP contribution in [0.5, 0.6) is 11.5 Å². The molecule has 1 heterocycles. The zero-order valence-electron chi connectivity index (χ0n) is 19.8. The maximum atomic E-state index is 12.6. The molecule has 1 aliphatic heterocycles. The van der Waals surface area contributed by atoms with E-state index in [1.54, 1.807) is 12.1 Å². The molecule has 5 nitrogen and oxygen atoms in total. The molecule has 4 rings (SSSR count). The summed E-state index contributed by atoms with van der Waals surface area (Å²) in [5.74, 6) is 1.05. The highest BCUT2D eigenvalue weighted by Crippen LogP contribution is 2.37. The first kappa shape index (κ1) is 26.9. The van der Waals surface area contributed by atoms with Gasteiger partial charge in [0.2, 0.25) is 0 Å². The van der Waals surface area contributed by atoms with Crippen LogP contribution in [0.2, 0.25) is 10.0 Å². The summed E-state index contributed by atoms with van der Waals surface area (Å²) >= 11 is 15.7. The summed E-state index contributed by atoms with van der Waals surface area (Å²) in [5.41, 5.74) is 4.78. The summed E-state index contributed by atoms with van der Waals surface area (Å²) in [6.45, 7) is 6.74. The van der Waals surface area contributed by atoms with Crippen molar-refractivity contribution >= 4 is 80.4 Å². The predicted octanol–water partition coefficient (Wildman–Crippen LogP) is 8.08. The zero-order chi connectivity index (χ0) is 25.8. The number of rotatable bonds is 7. The number of carbonyl (C=O) groups is 1. The Bertz CT molecular complexity index is 1390. The lowest BCUT2D eigenvalue weighted by Gasteiger charge is -2.15. The number of benzene rings is 3. The Balaban J connectivity index is 1.56. The minimum Gasteiger partial charge on any atom is -0.490 e. The van der Waals surface area contributed by atoms with Crippen molar-refractivity contribution in [3.8, 4) is 11.5 Å². The molecule has 0 unspecified atom stereocenters. The number of halogens is 3. The van der Waals surface area contributed by atoms with Gasteiger partial charge in [0, 0.05) is 0 Å². The second kappa shape index (κ2) is 11.9. The van der Waals surface area contributed by atoms with E-state index in [1.165, 1.54) is 17.3 Å². The molecule has 3 aromatic rings. The van der Waals surface area contributed by atoms with E-state index < -0.39 is 0 Å². The highest BCUT2D eigenvalue weighted by atomic mass is 127. The summed E-state index contributed by atoms with van der Waals surface area (Å²) in [7, 11) is 0. The van der Waals surface area contributed by atoms with Crippen molar-refractivity contribution in [1.29, 1.82) is 0 Å². The number of amides is 1. The molecule has 9 heteroatoms. The van der Waals surface area contributed by atoms with E-state index in [-0.39, 0.29) is 5.91 Å². The molecule has 0 spiro atoms. The third kappa shape index (κ3) is 6.56. The summed E-state index contributed by atoms with van der Waals surface area (Å²) in [4.78, 5) is 17.8. The maximum absolute atomic E-state index is 12.6. The van der Waals surface area contributed by atoms with Crippen LogP contribution in [0.1, 0.15) is 29.2 Å². The minimum absolute atomic E-state index is 0.184. The van der Waals surface area contributed by atoms with Crippen LogP contribution in [0.3, 0.4) is 0 Å². The lowest BCUT2D eigenvalue weighted by Crippen LogP contribution is -2.19. The Morgan fingerprint density at radius 3 is 2.58 bits per heavy atom. The molecule has 36 heavy (non-hydrogen) atoms. The van der Waals surface area contributed by atoms with Gasteiger partial charge in [0.25, 0.3) is 5.91 Å². The first-order chi connectivity index (χ1) is 17.2. The van der Waals surface area contributed by atoms with Crippen LogP contribution in [-0.4, -0.2) is 17.7 Å². The Labute approximate surface area is 238 Å². The third-order valence-corrected chi connectivity index (χ3v) is 7.67. The van der Waals surface area contributed by atoms with Crippen molar-refractivity contribution < 1.29 is 14.3 Å².